The zero-order valence-corrected chi connectivity index (χ0v) is 20.8. The summed E-state index contributed by atoms with van der Waals surface area (Å²) < 4.78 is 67.5. The number of carbonyl (C=O) groups is 1. The average Bonchev–Trinajstić information content (AvgIpc) is 2.89. The SMILES string of the molecule is CCOC(=O)c1c(OCc2ccc(OC)cc2)cc(C(F)(F)F)nc1NCc1ccc(OC)c(OC)c1. The van der Waals surface area contributed by atoms with Crippen LogP contribution in [-0.4, -0.2) is 38.9 Å². The number of alkyl halides is 3. The second-order valence-electron chi connectivity index (χ2n) is 7.63. The number of hydrogen-bond donors (Lipinski definition) is 1. The van der Waals surface area contributed by atoms with Gasteiger partial charge in [0.2, 0.25) is 0 Å². The van der Waals surface area contributed by atoms with Crippen molar-refractivity contribution in [2.45, 2.75) is 26.3 Å². The Hall–Kier alpha value is -4.15. The molecule has 0 saturated carbocycles. The first-order valence-electron chi connectivity index (χ1n) is 11.2. The third kappa shape index (κ3) is 6.96. The van der Waals surface area contributed by atoms with Crippen molar-refractivity contribution >= 4 is 11.8 Å². The second-order valence-corrected chi connectivity index (χ2v) is 7.63. The minimum atomic E-state index is -4.79. The van der Waals surface area contributed by atoms with Crippen molar-refractivity contribution in [3.63, 3.8) is 0 Å². The molecule has 3 aromatic rings. The topological polar surface area (TPSA) is 88.1 Å². The first kappa shape index (κ1) is 27.4. The van der Waals surface area contributed by atoms with Gasteiger partial charge in [-0.05, 0) is 42.3 Å². The highest BCUT2D eigenvalue weighted by Crippen LogP contribution is 2.36. The number of esters is 1. The van der Waals surface area contributed by atoms with Crippen molar-refractivity contribution in [3.8, 4) is 23.0 Å². The molecule has 1 N–H and O–H groups in total. The highest BCUT2D eigenvalue weighted by Gasteiger charge is 2.36. The van der Waals surface area contributed by atoms with Crippen molar-refractivity contribution in [3.05, 3.63) is 70.9 Å². The van der Waals surface area contributed by atoms with Gasteiger partial charge in [-0.3, -0.25) is 0 Å². The van der Waals surface area contributed by atoms with E-state index >= 15 is 0 Å². The van der Waals surface area contributed by atoms with Crippen LogP contribution < -0.4 is 24.3 Å². The van der Waals surface area contributed by atoms with E-state index in [0.717, 1.165) is 0 Å². The van der Waals surface area contributed by atoms with Crippen LogP contribution in [0.25, 0.3) is 0 Å². The Morgan fingerprint density at radius 1 is 0.892 bits per heavy atom. The molecule has 0 aliphatic carbocycles. The molecule has 0 radical (unpaired) electrons. The van der Waals surface area contributed by atoms with Gasteiger partial charge in [0.25, 0.3) is 0 Å². The Balaban J connectivity index is 1.99. The van der Waals surface area contributed by atoms with Crippen LogP contribution in [0.1, 0.15) is 34.1 Å². The van der Waals surface area contributed by atoms with E-state index in [4.69, 9.17) is 23.7 Å². The minimum Gasteiger partial charge on any atom is -0.497 e. The molecular weight excluding hydrogens is 493 g/mol. The summed E-state index contributed by atoms with van der Waals surface area (Å²) in [5.41, 5.74) is -0.169. The fourth-order valence-electron chi connectivity index (χ4n) is 3.37. The number of methoxy groups -OCH3 is 3. The van der Waals surface area contributed by atoms with Gasteiger partial charge in [-0.25, -0.2) is 9.78 Å². The molecule has 0 aliphatic heterocycles. The smallest absolute Gasteiger partial charge is 0.433 e. The number of nitrogens with zero attached hydrogens (tertiary/aromatic N) is 1. The van der Waals surface area contributed by atoms with E-state index in [-0.39, 0.29) is 36.9 Å². The van der Waals surface area contributed by atoms with E-state index in [2.05, 4.69) is 10.3 Å². The Bertz CT molecular complexity index is 1220. The molecule has 198 valence electrons. The van der Waals surface area contributed by atoms with Crippen molar-refractivity contribution in [1.29, 1.82) is 0 Å². The van der Waals surface area contributed by atoms with Gasteiger partial charge in [0.05, 0.1) is 27.9 Å². The summed E-state index contributed by atoms with van der Waals surface area (Å²) >= 11 is 0. The Labute approximate surface area is 212 Å². The number of hydrogen-bond acceptors (Lipinski definition) is 8. The highest BCUT2D eigenvalue weighted by atomic mass is 19.4. The lowest BCUT2D eigenvalue weighted by atomic mass is 10.1. The molecule has 8 nitrogen and oxygen atoms in total. The molecule has 1 aromatic heterocycles. The van der Waals surface area contributed by atoms with Gasteiger partial charge in [0.1, 0.15) is 29.5 Å². The zero-order valence-electron chi connectivity index (χ0n) is 20.8. The standard InChI is InChI=1S/C26H27F3N2O6/c1-5-36-25(32)23-21(37-15-16-6-9-18(33-2)10-7-16)13-22(26(27,28)29)31-24(23)30-14-17-8-11-19(34-3)20(12-17)35-4/h6-13H,5,14-15H2,1-4H3,(H,30,31). The summed E-state index contributed by atoms with van der Waals surface area (Å²) in [4.78, 5) is 16.5. The number of aromatic nitrogens is 1. The zero-order chi connectivity index (χ0) is 27.0. The number of halogens is 3. The minimum absolute atomic E-state index is 0.00684. The first-order chi connectivity index (χ1) is 17.7. The number of rotatable bonds is 11. The normalized spacial score (nSPS) is 11.0. The number of pyridine rings is 1. The highest BCUT2D eigenvalue weighted by molar-refractivity contribution is 5.97. The van der Waals surface area contributed by atoms with Gasteiger partial charge in [-0.15, -0.1) is 0 Å². The average molecular weight is 521 g/mol. The maximum absolute atomic E-state index is 13.7. The lowest BCUT2D eigenvalue weighted by molar-refractivity contribution is -0.141. The molecule has 3 rings (SSSR count). The van der Waals surface area contributed by atoms with Crippen molar-refractivity contribution in [2.24, 2.45) is 0 Å². The number of anilines is 1. The summed E-state index contributed by atoms with van der Waals surface area (Å²) in [6.45, 7) is 1.52. The predicted octanol–water partition coefficient (Wildman–Crippen LogP) is 5.49. The van der Waals surface area contributed by atoms with Gasteiger partial charge < -0.3 is 29.0 Å². The van der Waals surface area contributed by atoms with Gasteiger partial charge >= 0.3 is 12.1 Å². The number of carbonyl (C=O) groups excluding carboxylic acids is 1. The maximum atomic E-state index is 13.7. The van der Waals surface area contributed by atoms with Crippen LogP contribution in [0.4, 0.5) is 19.0 Å². The fraction of sp³-hybridized carbons (Fsp3) is 0.308. The molecular formula is C26H27F3N2O6. The van der Waals surface area contributed by atoms with Gasteiger partial charge in [-0.1, -0.05) is 18.2 Å². The summed E-state index contributed by atoms with van der Waals surface area (Å²) in [5.74, 6) is 0.0288. The number of ether oxygens (including phenoxy) is 5. The van der Waals surface area contributed by atoms with E-state index in [9.17, 15) is 18.0 Å². The van der Waals surface area contributed by atoms with Crippen LogP contribution in [0.15, 0.2) is 48.5 Å². The van der Waals surface area contributed by atoms with Gasteiger partial charge in [-0.2, -0.15) is 13.2 Å². The molecule has 0 aliphatic rings. The fourth-order valence-corrected chi connectivity index (χ4v) is 3.37. The molecule has 0 unspecified atom stereocenters. The third-order valence-corrected chi connectivity index (χ3v) is 5.21. The number of benzene rings is 2. The van der Waals surface area contributed by atoms with Crippen molar-refractivity contribution in [2.75, 3.05) is 33.3 Å². The molecule has 37 heavy (non-hydrogen) atoms. The largest absolute Gasteiger partial charge is 0.497 e. The molecule has 0 spiro atoms. The molecule has 11 heteroatoms. The van der Waals surface area contributed by atoms with Crippen LogP contribution in [0, 0.1) is 0 Å². The van der Waals surface area contributed by atoms with Crippen molar-refractivity contribution in [1.82, 2.24) is 4.98 Å². The van der Waals surface area contributed by atoms with Crippen LogP contribution in [0.2, 0.25) is 0 Å². The quantitative estimate of drug-likeness (QED) is 0.332. The Morgan fingerprint density at radius 3 is 2.16 bits per heavy atom. The number of nitrogens with one attached hydrogen (secondary N) is 1. The molecule has 0 bridgehead atoms. The monoisotopic (exact) mass is 520 g/mol. The van der Waals surface area contributed by atoms with Gasteiger partial charge in [0, 0.05) is 12.6 Å². The van der Waals surface area contributed by atoms with Crippen LogP contribution in [0.5, 0.6) is 23.0 Å². The summed E-state index contributed by atoms with van der Waals surface area (Å²) in [7, 11) is 4.47. The van der Waals surface area contributed by atoms with Gasteiger partial charge in [0.15, 0.2) is 17.2 Å². The van der Waals surface area contributed by atoms with Crippen LogP contribution in [-0.2, 0) is 24.1 Å². The molecule has 2 aromatic carbocycles. The molecule has 0 saturated heterocycles. The van der Waals surface area contributed by atoms with Crippen LogP contribution >= 0.6 is 0 Å². The van der Waals surface area contributed by atoms with Crippen molar-refractivity contribution < 1.29 is 41.7 Å². The molecule has 1 heterocycles. The van der Waals surface area contributed by atoms with E-state index in [1.54, 1.807) is 49.4 Å². The summed E-state index contributed by atoms with van der Waals surface area (Å²) in [6, 6.07) is 12.5. The van der Waals surface area contributed by atoms with E-state index in [1.807, 2.05) is 0 Å². The van der Waals surface area contributed by atoms with E-state index in [1.165, 1.54) is 21.3 Å². The van der Waals surface area contributed by atoms with E-state index in [0.29, 0.717) is 34.4 Å². The van der Waals surface area contributed by atoms with Crippen LogP contribution in [0.3, 0.4) is 0 Å². The Kier molecular flexibility index (Phi) is 9.05. The third-order valence-electron chi connectivity index (χ3n) is 5.21. The predicted molar refractivity (Wildman–Crippen MR) is 129 cm³/mol. The van der Waals surface area contributed by atoms with E-state index < -0.39 is 17.8 Å². The maximum Gasteiger partial charge on any atom is 0.433 e. The lowest BCUT2D eigenvalue weighted by Crippen LogP contribution is -2.18. The molecule has 0 amide bonds. The second kappa shape index (κ2) is 12.2. The summed E-state index contributed by atoms with van der Waals surface area (Å²) in [5, 5.41) is 2.82. The summed E-state index contributed by atoms with van der Waals surface area (Å²) in [6.07, 6.45) is -4.79. The first-order valence-corrected chi connectivity index (χ1v) is 11.2. The molecule has 0 atom stereocenters. The Morgan fingerprint density at radius 2 is 1.57 bits per heavy atom. The molecule has 0 fully saturated rings. The lowest BCUT2D eigenvalue weighted by Gasteiger charge is -2.18.